The molecule has 0 radical (unpaired) electrons. The summed E-state index contributed by atoms with van der Waals surface area (Å²) in [5.74, 6) is 0.669. The summed E-state index contributed by atoms with van der Waals surface area (Å²) in [6.45, 7) is 4.18. The Morgan fingerprint density at radius 1 is 0.964 bits per heavy atom. The summed E-state index contributed by atoms with van der Waals surface area (Å²) in [6.07, 6.45) is 0.664. The Morgan fingerprint density at radius 3 is 2.32 bits per heavy atom. The number of nitrogens with one attached hydrogen (secondary N) is 2. The highest BCUT2D eigenvalue weighted by Gasteiger charge is 2.20. The Morgan fingerprint density at radius 2 is 1.61 bits per heavy atom. The molecule has 0 aliphatic carbocycles. The number of amides is 1. The lowest BCUT2D eigenvalue weighted by molar-refractivity contribution is 0.0935. The van der Waals surface area contributed by atoms with Crippen LogP contribution in [0.5, 0.6) is 0 Å². The van der Waals surface area contributed by atoms with Crippen molar-refractivity contribution in [3.05, 3.63) is 101 Å². The fourth-order valence-electron chi connectivity index (χ4n) is 3.35. The van der Waals surface area contributed by atoms with Gasteiger partial charge in [-0.15, -0.1) is 0 Å². The molecule has 0 saturated heterocycles. The molecule has 0 unspecified atom stereocenters. The fourth-order valence-corrected chi connectivity index (χ4v) is 3.35. The molecular formula is C24H23N3O. The molecule has 0 bridgehead atoms. The SMILES string of the molecule is Cc1cc2nc([C@H](Cc3ccccc3)NC(=O)c3ccccc3)[nH]c2cc1C. The van der Waals surface area contributed by atoms with Crippen LogP contribution >= 0.6 is 0 Å². The largest absolute Gasteiger partial charge is 0.342 e. The molecule has 1 heterocycles. The van der Waals surface area contributed by atoms with Crippen LogP contribution in [0.3, 0.4) is 0 Å². The number of hydrogen-bond donors (Lipinski definition) is 2. The first-order valence-electron chi connectivity index (χ1n) is 9.47. The number of nitrogens with zero attached hydrogens (tertiary/aromatic N) is 1. The first kappa shape index (κ1) is 18.0. The maximum atomic E-state index is 12.8. The van der Waals surface area contributed by atoms with Crippen LogP contribution in [-0.4, -0.2) is 15.9 Å². The number of rotatable bonds is 5. The van der Waals surface area contributed by atoms with E-state index < -0.39 is 0 Å². The Kier molecular flexibility index (Phi) is 4.94. The average molecular weight is 369 g/mol. The lowest BCUT2D eigenvalue weighted by atomic mass is 10.0. The van der Waals surface area contributed by atoms with Crippen LogP contribution in [0, 0.1) is 13.8 Å². The van der Waals surface area contributed by atoms with Crippen molar-refractivity contribution in [2.24, 2.45) is 0 Å². The van der Waals surface area contributed by atoms with Gasteiger partial charge in [-0.25, -0.2) is 4.98 Å². The highest BCUT2D eigenvalue weighted by Crippen LogP contribution is 2.23. The first-order chi connectivity index (χ1) is 13.6. The summed E-state index contributed by atoms with van der Waals surface area (Å²) in [6, 6.07) is 23.4. The lowest BCUT2D eigenvalue weighted by Gasteiger charge is -2.17. The van der Waals surface area contributed by atoms with Crippen LogP contribution in [0.25, 0.3) is 11.0 Å². The normalized spacial score (nSPS) is 12.1. The number of aromatic nitrogens is 2. The molecule has 140 valence electrons. The van der Waals surface area contributed by atoms with Crippen molar-refractivity contribution < 1.29 is 4.79 Å². The molecule has 28 heavy (non-hydrogen) atoms. The van der Waals surface area contributed by atoms with Gasteiger partial charge in [-0.1, -0.05) is 48.5 Å². The molecule has 3 aromatic carbocycles. The fraction of sp³-hybridized carbons (Fsp3) is 0.167. The van der Waals surface area contributed by atoms with Crippen molar-refractivity contribution in [2.45, 2.75) is 26.3 Å². The van der Waals surface area contributed by atoms with Crippen molar-refractivity contribution in [1.82, 2.24) is 15.3 Å². The molecule has 1 amide bonds. The van der Waals surface area contributed by atoms with Crippen LogP contribution in [-0.2, 0) is 6.42 Å². The second-order valence-electron chi connectivity index (χ2n) is 7.16. The summed E-state index contributed by atoms with van der Waals surface area (Å²) >= 11 is 0. The van der Waals surface area contributed by atoms with Gasteiger partial charge >= 0.3 is 0 Å². The molecular weight excluding hydrogens is 346 g/mol. The van der Waals surface area contributed by atoms with Gasteiger partial charge in [0.05, 0.1) is 17.1 Å². The van der Waals surface area contributed by atoms with Gasteiger partial charge in [0.15, 0.2) is 0 Å². The second-order valence-corrected chi connectivity index (χ2v) is 7.16. The number of fused-ring (bicyclic) bond motifs is 1. The number of aromatic amines is 1. The van der Waals surface area contributed by atoms with Crippen LogP contribution in [0.1, 0.15) is 38.9 Å². The van der Waals surface area contributed by atoms with Crippen molar-refractivity contribution in [3.8, 4) is 0 Å². The molecule has 4 aromatic rings. The van der Waals surface area contributed by atoms with Crippen molar-refractivity contribution in [2.75, 3.05) is 0 Å². The Balaban J connectivity index is 1.69. The van der Waals surface area contributed by atoms with Crippen molar-refractivity contribution >= 4 is 16.9 Å². The maximum Gasteiger partial charge on any atom is 0.251 e. The number of imidazole rings is 1. The van der Waals surface area contributed by atoms with Crippen LogP contribution < -0.4 is 5.32 Å². The van der Waals surface area contributed by atoms with Gasteiger partial charge in [0.25, 0.3) is 5.91 Å². The number of aryl methyl sites for hydroxylation is 2. The molecule has 0 fully saturated rings. The van der Waals surface area contributed by atoms with Gasteiger partial charge in [0.2, 0.25) is 0 Å². The van der Waals surface area contributed by atoms with Gasteiger partial charge < -0.3 is 10.3 Å². The maximum absolute atomic E-state index is 12.8. The highest BCUT2D eigenvalue weighted by atomic mass is 16.1. The van der Waals surface area contributed by atoms with Gasteiger partial charge in [-0.05, 0) is 61.2 Å². The zero-order chi connectivity index (χ0) is 19.5. The Labute approximate surface area is 164 Å². The summed E-state index contributed by atoms with van der Waals surface area (Å²) in [5, 5.41) is 3.16. The third-order valence-corrected chi connectivity index (χ3v) is 5.07. The van der Waals surface area contributed by atoms with Crippen molar-refractivity contribution in [3.63, 3.8) is 0 Å². The van der Waals surface area contributed by atoms with E-state index in [0.29, 0.717) is 12.0 Å². The van der Waals surface area contributed by atoms with E-state index in [1.165, 1.54) is 11.1 Å². The number of carbonyl (C=O) groups excluding carboxylic acids is 1. The van der Waals surface area contributed by atoms with E-state index in [-0.39, 0.29) is 11.9 Å². The highest BCUT2D eigenvalue weighted by molar-refractivity contribution is 5.94. The predicted molar refractivity (Wildman–Crippen MR) is 112 cm³/mol. The molecule has 1 aromatic heterocycles. The Hall–Kier alpha value is -3.40. The standard InChI is InChI=1S/C24H23N3O/c1-16-13-20-21(14-17(16)2)26-23(25-20)22(15-18-9-5-3-6-10-18)27-24(28)19-11-7-4-8-12-19/h3-14,22H,15H2,1-2H3,(H,25,26)(H,27,28)/t22-/m0/s1. The topological polar surface area (TPSA) is 57.8 Å². The monoisotopic (exact) mass is 369 g/mol. The van der Waals surface area contributed by atoms with Crippen LogP contribution in [0.4, 0.5) is 0 Å². The van der Waals surface area contributed by atoms with Crippen LogP contribution in [0.2, 0.25) is 0 Å². The molecule has 4 rings (SSSR count). The molecule has 4 nitrogen and oxygen atoms in total. The minimum atomic E-state index is -0.247. The molecule has 0 aliphatic heterocycles. The van der Waals surface area contributed by atoms with Crippen LogP contribution in [0.15, 0.2) is 72.8 Å². The third kappa shape index (κ3) is 3.81. The number of benzene rings is 3. The van der Waals surface area contributed by atoms with E-state index >= 15 is 0 Å². The summed E-state index contributed by atoms with van der Waals surface area (Å²) < 4.78 is 0. The second kappa shape index (κ2) is 7.69. The number of hydrogen-bond acceptors (Lipinski definition) is 2. The van der Waals surface area contributed by atoms with E-state index in [1.807, 2.05) is 48.5 Å². The molecule has 2 N–H and O–H groups in total. The molecule has 1 atom stereocenters. The predicted octanol–water partition coefficient (Wildman–Crippen LogP) is 4.89. The van der Waals surface area contributed by atoms with E-state index in [1.54, 1.807) is 0 Å². The van der Waals surface area contributed by atoms with Gasteiger partial charge in [-0.3, -0.25) is 4.79 Å². The smallest absolute Gasteiger partial charge is 0.251 e. The summed E-state index contributed by atoms with van der Waals surface area (Å²) in [7, 11) is 0. The first-order valence-corrected chi connectivity index (χ1v) is 9.47. The zero-order valence-corrected chi connectivity index (χ0v) is 16.1. The van der Waals surface area contributed by atoms with Gasteiger partial charge in [0.1, 0.15) is 5.82 Å². The number of H-pyrrole nitrogens is 1. The van der Waals surface area contributed by atoms with Gasteiger partial charge in [-0.2, -0.15) is 0 Å². The average Bonchev–Trinajstić information content (AvgIpc) is 3.12. The Bertz CT molecular complexity index is 1060. The molecule has 0 saturated carbocycles. The summed E-state index contributed by atoms with van der Waals surface area (Å²) in [4.78, 5) is 21.0. The van der Waals surface area contributed by atoms with Crippen molar-refractivity contribution in [1.29, 1.82) is 0 Å². The summed E-state index contributed by atoms with van der Waals surface area (Å²) in [5.41, 5.74) is 6.13. The molecule has 0 spiro atoms. The van der Waals surface area contributed by atoms with E-state index in [0.717, 1.165) is 22.4 Å². The quantitative estimate of drug-likeness (QED) is 0.526. The third-order valence-electron chi connectivity index (χ3n) is 5.07. The van der Waals surface area contributed by atoms with Gasteiger partial charge in [0, 0.05) is 5.56 Å². The minimum absolute atomic E-state index is 0.102. The zero-order valence-electron chi connectivity index (χ0n) is 16.1. The molecule has 0 aliphatic rings. The lowest BCUT2D eigenvalue weighted by Crippen LogP contribution is -2.30. The van der Waals surface area contributed by atoms with E-state index in [2.05, 4.69) is 48.4 Å². The number of carbonyl (C=O) groups is 1. The van der Waals surface area contributed by atoms with E-state index in [4.69, 9.17) is 4.98 Å². The minimum Gasteiger partial charge on any atom is -0.342 e. The van der Waals surface area contributed by atoms with E-state index in [9.17, 15) is 4.79 Å². The molecule has 4 heteroatoms.